The number of carboxylic acids is 1. The first kappa shape index (κ1) is 19.5. The van der Waals surface area contributed by atoms with Gasteiger partial charge in [0.2, 0.25) is 0 Å². The molecule has 0 unspecified atom stereocenters. The minimum Gasteiger partial charge on any atom is -0.488 e. The van der Waals surface area contributed by atoms with Crippen LogP contribution in [0, 0.1) is 6.92 Å². The van der Waals surface area contributed by atoms with Gasteiger partial charge in [-0.1, -0.05) is 23.2 Å². The fourth-order valence-electron chi connectivity index (χ4n) is 2.87. The molecule has 0 bridgehead atoms. The van der Waals surface area contributed by atoms with Gasteiger partial charge >= 0.3 is 5.97 Å². The summed E-state index contributed by atoms with van der Waals surface area (Å²) in [5, 5.41) is 15.6. The number of carbonyl (C=O) groups excluding carboxylic acids is 1. The Balaban J connectivity index is 1.88. The van der Waals surface area contributed by atoms with Crippen molar-refractivity contribution in [3.05, 3.63) is 45.2 Å². The lowest BCUT2D eigenvalue weighted by atomic mass is 10.1. The molecule has 2 aromatic rings. The van der Waals surface area contributed by atoms with E-state index in [1.54, 1.807) is 13.0 Å². The van der Waals surface area contributed by atoms with Crippen LogP contribution in [0.15, 0.2) is 18.2 Å². The number of carboxylic acid groups (broad SMARTS) is 1. The second-order valence-corrected chi connectivity index (χ2v) is 7.05. The highest BCUT2D eigenvalue weighted by Crippen LogP contribution is 2.32. The highest BCUT2D eigenvalue weighted by molar-refractivity contribution is 6.44. The van der Waals surface area contributed by atoms with Crippen LogP contribution in [-0.2, 0) is 0 Å². The molecular formula is C18H19Cl2N3O4. The number of amides is 1. The molecule has 0 spiro atoms. The van der Waals surface area contributed by atoms with Crippen LogP contribution in [0.2, 0.25) is 10.0 Å². The quantitative estimate of drug-likeness (QED) is 0.600. The van der Waals surface area contributed by atoms with Gasteiger partial charge in [0.05, 0.1) is 21.3 Å². The zero-order valence-corrected chi connectivity index (χ0v) is 16.1. The first-order chi connectivity index (χ1) is 12.9. The van der Waals surface area contributed by atoms with Gasteiger partial charge < -0.3 is 25.5 Å². The molecular weight excluding hydrogens is 393 g/mol. The van der Waals surface area contributed by atoms with Gasteiger partial charge in [-0.05, 0) is 51.1 Å². The van der Waals surface area contributed by atoms with E-state index < -0.39 is 11.9 Å². The van der Waals surface area contributed by atoms with Gasteiger partial charge in [-0.2, -0.15) is 0 Å². The van der Waals surface area contributed by atoms with Crippen LogP contribution in [0.1, 0.15) is 39.4 Å². The number of benzene rings is 1. The highest BCUT2D eigenvalue weighted by Gasteiger charge is 2.22. The third kappa shape index (κ3) is 4.37. The van der Waals surface area contributed by atoms with Crippen LogP contribution < -0.4 is 15.4 Å². The molecule has 7 nitrogen and oxygen atoms in total. The topological polar surface area (TPSA) is 103 Å². The zero-order valence-electron chi connectivity index (χ0n) is 14.6. The number of aryl methyl sites for hydroxylation is 1. The van der Waals surface area contributed by atoms with Crippen LogP contribution in [0.3, 0.4) is 0 Å². The number of aromatic nitrogens is 1. The fraction of sp³-hybridized carbons (Fsp3) is 0.333. The Kier molecular flexibility index (Phi) is 5.94. The summed E-state index contributed by atoms with van der Waals surface area (Å²) in [6, 6.07) is 4.36. The molecule has 2 heterocycles. The van der Waals surface area contributed by atoms with Crippen LogP contribution in [0.4, 0.5) is 5.69 Å². The van der Waals surface area contributed by atoms with Crippen molar-refractivity contribution in [3.63, 3.8) is 0 Å². The molecule has 1 aromatic heterocycles. The number of halogens is 2. The van der Waals surface area contributed by atoms with Crippen molar-refractivity contribution >= 4 is 40.8 Å². The Bertz CT molecular complexity index is 876. The summed E-state index contributed by atoms with van der Waals surface area (Å²) in [6.45, 7) is 3.38. The van der Waals surface area contributed by atoms with Gasteiger partial charge in [0, 0.05) is 5.69 Å². The number of piperidine rings is 1. The van der Waals surface area contributed by atoms with E-state index in [1.807, 2.05) is 0 Å². The minimum absolute atomic E-state index is 0.0108. The van der Waals surface area contributed by atoms with Crippen LogP contribution >= 0.6 is 23.2 Å². The van der Waals surface area contributed by atoms with Gasteiger partial charge in [-0.15, -0.1) is 0 Å². The molecule has 1 aliphatic rings. The Morgan fingerprint density at radius 3 is 2.52 bits per heavy atom. The Morgan fingerprint density at radius 2 is 1.93 bits per heavy atom. The fourth-order valence-corrected chi connectivity index (χ4v) is 3.29. The van der Waals surface area contributed by atoms with Crippen LogP contribution in [0.25, 0.3) is 0 Å². The summed E-state index contributed by atoms with van der Waals surface area (Å²) >= 11 is 12.1. The predicted octanol–water partition coefficient (Wildman–Crippen LogP) is 3.71. The summed E-state index contributed by atoms with van der Waals surface area (Å²) in [5.41, 5.74) is 0.970. The van der Waals surface area contributed by atoms with E-state index in [4.69, 9.17) is 27.9 Å². The maximum atomic E-state index is 12.6. The average molecular weight is 412 g/mol. The lowest BCUT2D eigenvalue weighted by Gasteiger charge is -2.25. The number of aromatic amines is 1. The van der Waals surface area contributed by atoms with Crippen molar-refractivity contribution in [1.29, 1.82) is 0 Å². The molecule has 1 saturated heterocycles. The first-order valence-corrected chi connectivity index (χ1v) is 9.22. The third-order valence-electron chi connectivity index (χ3n) is 4.34. The van der Waals surface area contributed by atoms with Gasteiger partial charge in [0.1, 0.15) is 17.5 Å². The molecule has 0 radical (unpaired) electrons. The second-order valence-electron chi connectivity index (χ2n) is 6.29. The van der Waals surface area contributed by atoms with Crippen molar-refractivity contribution in [1.82, 2.24) is 10.3 Å². The van der Waals surface area contributed by atoms with Crippen molar-refractivity contribution in [2.24, 2.45) is 0 Å². The summed E-state index contributed by atoms with van der Waals surface area (Å²) in [7, 11) is 0. The summed E-state index contributed by atoms with van der Waals surface area (Å²) in [5.74, 6) is -1.23. The number of carbonyl (C=O) groups is 2. The molecule has 4 N–H and O–H groups in total. The van der Waals surface area contributed by atoms with E-state index in [1.165, 1.54) is 12.1 Å². The molecule has 0 atom stereocenters. The van der Waals surface area contributed by atoms with E-state index in [0.717, 1.165) is 25.9 Å². The van der Waals surface area contributed by atoms with Gasteiger partial charge in [-0.3, -0.25) is 4.79 Å². The number of anilines is 1. The first-order valence-electron chi connectivity index (χ1n) is 8.46. The summed E-state index contributed by atoms with van der Waals surface area (Å²) in [6.07, 6.45) is 1.64. The van der Waals surface area contributed by atoms with Gasteiger partial charge in [0.25, 0.3) is 5.91 Å². The number of rotatable bonds is 5. The SMILES string of the molecule is Cc1[nH]c(C(=O)Nc2cc(C(=O)O)ccc2OC2CCNCC2)c(Cl)c1Cl. The monoisotopic (exact) mass is 411 g/mol. The van der Waals surface area contributed by atoms with Crippen molar-refractivity contribution in [3.8, 4) is 5.75 Å². The van der Waals surface area contributed by atoms with E-state index in [-0.39, 0.29) is 33.1 Å². The molecule has 144 valence electrons. The smallest absolute Gasteiger partial charge is 0.335 e. The largest absolute Gasteiger partial charge is 0.488 e. The average Bonchev–Trinajstić information content (AvgIpc) is 2.91. The maximum absolute atomic E-state index is 12.6. The maximum Gasteiger partial charge on any atom is 0.335 e. The van der Waals surface area contributed by atoms with Crippen molar-refractivity contribution in [2.75, 3.05) is 18.4 Å². The number of ether oxygens (including phenoxy) is 1. The highest BCUT2D eigenvalue weighted by atomic mass is 35.5. The molecule has 0 aliphatic carbocycles. The van der Waals surface area contributed by atoms with E-state index in [2.05, 4.69) is 15.6 Å². The van der Waals surface area contributed by atoms with Crippen LogP contribution in [0.5, 0.6) is 5.75 Å². The number of hydrogen-bond donors (Lipinski definition) is 4. The molecule has 0 saturated carbocycles. The number of aromatic carboxylic acids is 1. The number of hydrogen-bond acceptors (Lipinski definition) is 4. The zero-order chi connectivity index (χ0) is 19.6. The number of nitrogens with one attached hydrogen (secondary N) is 3. The predicted molar refractivity (Wildman–Crippen MR) is 103 cm³/mol. The van der Waals surface area contributed by atoms with E-state index >= 15 is 0 Å². The van der Waals surface area contributed by atoms with Gasteiger partial charge in [-0.25, -0.2) is 4.79 Å². The Hall–Kier alpha value is -2.22. The standard InChI is InChI=1S/C18H19Cl2N3O4/c1-9-14(19)15(20)16(22-9)17(24)23-12-8-10(18(25)26)2-3-13(12)27-11-4-6-21-7-5-11/h2-3,8,11,21-22H,4-7H2,1H3,(H,23,24)(H,25,26). The van der Waals surface area contributed by atoms with E-state index in [0.29, 0.717) is 11.4 Å². The molecule has 3 rings (SSSR count). The molecule has 1 amide bonds. The van der Waals surface area contributed by atoms with Crippen molar-refractivity contribution < 1.29 is 19.4 Å². The van der Waals surface area contributed by atoms with E-state index in [9.17, 15) is 14.7 Å². The second kappa shape index (κ2) is 8.21. The normalized spacial score (nSPS) is 14.8. The van der Waals surface area contributed by atoms with Gasteiger partial charge in [0.15, 0.2) is 0 Å². The third-order valence-corrected chi connectivity index (χ3v) is 5.28. The van der Waals surface area contributed by atoms with Crippen molar-refractivity contribution in [2.45, 2.75) is 25.9 Å². The lowest BCUT2D eigenvalue weighted by Crippen LogP contribution is -2.34. The lowest BCUT2D eigenvalue weighted by molar-refractivity contribution is 0.0696. The summed E-state index contributed by atoms with van der Waals surface area (Å²) < 4.78 is 6.00. The molecule has 27 heavy (non-hydrogen) atoms. The minimum atomic E-state index is -1.10. The Morgan fingerprint density at radius 1 is 1.22 bits per heavy atom. The molecule has 9 heteroatoms. The van der Waals surface area contributed by atoms with Crippen LogP contribution in [-0.4, -0.2) is 41.2 Å². The Labute approximate surface area is 166 Å². The molecule has 1 aromatic carbocycles. The molecule has 1 aliphatic heterocycles. The number of H-pyrrole nitrogens is 1. The summed E-state index contributed by atoms with van der Waals surface area (Å²) in [4.78, 5) is 26.8. The molecule has 1 fully saturated rings.